The summed E-state index contributed by atoms with van der Waals surface area (Å²) in [7, 11) is 0. The summed E-state index contributed by atoms with van der Waals surface area (Å²) < 4.78 is 0. The van der Waals surface area contributed by atoms with Gasteiger partial charge in [0.1, 0.15) is 0 Å². The first-order valence-corrected chi connectivity index (χ1v) is 7.31. The van der Waals surface area contributed by atoms with Crippen molar-refractivity contribution in [1.29, 1.82) is 5.26 Å². The van der Waals surface area contributed by atoms with Gasteiger partial charge in [-0.2, -0.15) is 5.26 Å². The predicted molar refractivity (Wildman–Crippen MR) is 82.4 cm³/mol. The fraction of sp³-hybridized carbons (Fsp3) is 0.412. The lowest BCUT2D eigenvalue weighted by molar-refractivity contribution is -0.120. The minimum absolute atomic E-state index is 0.0401. The van der Waals surface area contributed by atoms with Crippen molar-refractivity contribution >= 4 is 5.91 Å². The van der Waals surface area contributed by atoms with Gasteiger partial charge in [-0.15, -0.1) is 6.58 Å². The summed E-state index contributed by atoms with van der Waals surface area (Å²) >= 11 is 0. The van der Waals surface area contributed by atoms with Gasteiger partial charge in [-0.1, -0.05) is 24.3 Å². The Morgan fingerprint density at radius 2 is 2.33 bits per heavy atom. The van der Waals surface area contributed by atoms with Crippen LogP contribution in [-0.2, 0) is 11.3 Å². The fourth-order valence-electron chi connectivity index (χ4n) is 2.69. The van der Waals surface area contributed by atoms with Gasteiger partial charge in [-0.05, 0) is 30.5 Å². The van der Waals surface area contributed by atoms with Crippen LogP contribution in [0.2, 0.25) is 0 Å². The lowest BCUT2D eigenvalue weighted by Gasteiger charge is -2.17. The van der Waals surface area contributed by atoms with E-state index in [-0.39, 0.29) is 5.91 Å². The summed E-state index contributed by atoms with van der Waals surface area (Å²) in [5.41, 5.74) is 1.83. The average molecular weight is 283 g/mol. The SMILES string of the molecule is C=CCC(=O)NC[C@H]1CCN(Cc2ccccc2C#N)C1. The predicted octanol–water partition coefficient (Wildman–Crippen LogP) is 2.07. The molecular weight excluding hydrogens is 262 g/mol. The molecule has 0 aromatic heterocycles. The molecule has 0 spiro atoms. The monoisotopic (exact) mass is 283 g/mol. The van der Waals surface area contributed by atoms with E-state index in [1.54, 1.807) is 6.08 Å². The van der Waals surface area contributed by atoms with Crippen molar-refractivity contribution in [1.82, 2.24) is 10.2 Å². The quantitative estimate of drug-likeness (QED) is 0.813. The van der Waals surface area contributed by atoms with Crippen LogP contribution >= 0.6 is 0 Å². The zero-order valence-corrected chi connectivity index (χ0v) is 12.2. The molecule has 2 rings (SSSR count). The van der Waals surface area contributed by atoms with Crippen molar-refractivity contribution in [2.75, 3.05) is 19.6 Å². The fourth-order valence-corrected chi connectivity index (χ4v) is 2.69. The Bertz CT molecular complexity index is 547. The number of nitrogens with zero attached hydrogens (tertiary/aromatic N) is 2. The number of carbonyl (C=O) groups excluding carboxylic acids is 1. The molecule has 1 N–H and O–H groups in total. The third-order valence-corrected chi connectivity index (χ3v) is 3.82. The molecule has 0 bridgehead atoms. The average Bonchev–Trinajstić information content (AvgIpc) is 2.94. The Labute approximate surface area is 126 Å². The number of hydrogen-bond donors (Lipinski definition) is 1. The summed E-state index contributed by atoms with van der Waals surface area (Å²) in [6.45, 7) is 7.07. The highest BCUT2D eigenvalue weighted by Gasteiger charge is 2.23. The van der Waals surface area contributed by atoms with E-state index in [0.717, 1.165) is 43.7 Å². The van der Waals surface area contributed by atoms with Crippen molar-refractivity contribution in [3.63, 3.8) is 0 Å². The number of benzene rings is 1. The highest BCUT2D eigenvalue weighted by molar-refractivity contribution is 5.77. The molecule has 1 heterocycles. The smallest absolute Gasteiger partial charge is 0.223 e. The number of carbonyl (C=O) groups is 1. The van der Waals surface area contributed by atoms with Gasteiger partial charge >= 0.3 is 0 Å². The molecule has 0 unspecified atom stereocenters. The van der Waals surface area contributed by atoms with E-state index in [4.69, 9.17) is 5.26 Å². The largest absolute Gasteiger partial charge is 0.356 e. The van der Waals surface area contributed by atoms with Gasteiger partial charge in [0.15, 0.2) is 0 Å². The standard InChI is InChI=1S/C17H21N3O/c1-2-5-17(21)19-11-14-8-9-20(12-14)13-16-7-4-3-6-15(16)10-18/h2-4,6-7,14H,1,5,8-9,11-13H2,(H,19,21)/t14-/m1/s1. The Morgan fingerprint density at radius 1 is 1.52 bits per heavy atom. The van der Waals surface area contributed by atoms with Crippen molar-refractivity contribution in [2.24, 2.45) is 5.92 Å². The summed E-state index contributed by atoms with van der Waals surface area (Å²) in [6.07, 6.45) is 3.09. The van der Waals surface area contributed by atoms with E-state index >= 15 is 0 Å². The maximum atomic E-state index is 11.4. The van der Waals surface area contributed by atoms with Gasteiger partial charge in [-0.25, -0.2) is 0 Å². The van der Waals surface area contributed by atoms with E-state index in [1.807, 2.05) is 24.3 Å². The minimum Gasteiger partial charge on any atom is -0.356 e. The van der Waals surface area contributed by atoms with Gasteiger partial charge in [0.25, 0.3) is 0 Å². The molecule has 110 valence electrons. The highest BCUT2D eigenvalue weighted by atomic mass is 16.1. The van der Waals surface area contributed by atoms with Gasteiger partial charge in [0.05, 0.1) is 11.6 Å². The van der Waals surface area contributed by atoms with E-state index in [0.29, 0.717) is 12.3 Å². The molecule has 1 aromatic carbocycles. The van der Waals surface area contributed by atoms with E-state index in [2.05, 4.69) is 22.9 Å². The van der Waals surface area contributed by atoms with Crippen LogP contribution in [0.15, 0.2) is 36.9 Å². The molecule has 1 fully saturated rings. The number of amides is 1. The molecule has 1 aromatic rings. The summed E-state index contributed by atoms with van der Waals surface area (Å²) in [4.78, 5) is 13.8. The Kier molecular flexibility index (Phi) is 5.53. The first-order valence-electron chi connectivity index (χ1n) is 7.31. The number of nitriles is 1. The van der Waals surface area contributed by atoms with Crippen LogP contribution in [0.1, 0.15) is 24.0 Å². The van der Waals surface area contributed by atoms with Crippen LogP contribution in [0.4, 0.5) is 0 Å². The molecule has 1 atom stereocenters. The molecule has 1 amide bonds. The molecule has 1 aliphatic heterocycles. The van der Waals surface area contributed by atoms with Crippen LogP contribution in [0.3, 0.4) is 0 Å². The second-order valence-corrected chi connectivity index (χ2v) is 5.46. The summed E-state index contributed by atoms with van der Waals surface area (Å²) in [6, 6.07) is 9.98. The maximum absolute atomic E-state index is 11.4. The topological polar surface area (TPSA) is 56.1 Å². The molecule has 1 aliphatic rings. The minimum atomic E-state index is 0.0401. The van der Waals surface area contributed by atoms with Gasteiger partial charge < -0.3 is 5.32 Å². The van der Waals surface area contributed by atoms with Crippen LogP contribution in [0.25, 0.3) is 0 Å². The lowest BCUT2D eigenvalue weighted by atomic mass is 10.1. The number of nitrogens with one attached hydrogen (secondary N) is 1. The third kappa shape index (κ3) is 4.44. The molecule has 0 saturated carbocycles. The summed E-state index contributed by atoms with van der Waals surface area (Å²) in [5, 5.41) is 12.1. The van der Waals surface area contributed by atoms with Gasteiger partial charge in [-0.3, -0.25) is 9.69 Å². The van der Waals surface area contributed by atoms with Crippen molar-refractivity contribution < 1.29 is 4.79 Å². The Hall–Kier alpha value is -2.12. The maximum Gasteiger partial charge on any atom is 0.223 e. The molecule has 0 radical (unpaired) electrons. The Morgan fingerprint density at radius 3 is 3.10 bits per heavy atom. The van der Waals surface area contributed by atoms with E-state index < -0.39 is 0 Å². The number of likely N-dealkylation sites (tertiary alicyclic amines) is 1. The zero-order chi connectivity index (χ0) is 15.1. The van der Waals surface area contributed by atoms with Crippen molar-refractivity contribution in [2.45, 2.75) is 19.4 Å². The number of hydrogen-bond acceptors (Lipinski definition) is 3. The van der Waals surface area contributed by atoms with Gasteiger partial charge in [0.2, 0.25) is 5.91 Å². The van der Waals surface area contributed by atoms with E-state index in [9.17, 15) is 4.79 Å². The molecular formula is C17H21N3O. The molecule has 4 nitrogen and oxygen atoms in total. The molecule has 1 saturated heterocycles. The van der Waals surface area contributed by atoms with Crippen molar-refractivity contribution in [3.8, 4) is 6.07 Å². The molecule has 0 aliphatic carbocycles. The summed E-state index contributed by atoms with van der Waals surface area (Å²) in [5.74, 6) is 0.534. The molecule has 4 heteroatoms. The second-order valence-electron chi connectivity index (χ2n) is 5.46. The van der Waals surface area contributed by atoms with Crippen LogP contribution in [-0.4, -0.2) is 30.4 Å². The molecule has 21 heavy (non-hydrogen) atoms. The highest BCUT2D eigenvalue weighted by Crippen LogP contribution is 2.19. The first-order chi connectivity index (χ1) is 10.2. The number of rotatable bonds is 6. The lowest BCUT2D eigenvalue weighted by Crippen LogP contribution is -2.30. The van der Waals surface area contributed by atoms with E-state index in [1.165, 1.54) is 0 Å². The third-order valence-electron chi connectivity index (χ3n) is 3.82. The normalized spacial score (nSPS) is 18.1. The van der Waals surface area contributed by atoms with Crippen LogP contribution < -0.4 is 5.32 Å². The Balaban J connectivity index is 1.81. The second kappa shape index (κ2) is 7.61. The van der Waals surface area contributed by atoms with Gasteiger partial charge in [0, 0.05) is 26.1 Å². The van der Waals surface area contributed by atoms with Crippen LogP contribution in [0, 0.1) is 17.2 Å². The van der Waals surface area contributed by atoms with Crippen LogP contribution in [0.5, 0.6) is 0 Å². The van der Waals surface area contributed by atoms with Crippen molar-refractivity contribution in [3.05, 3.63) is 48.0 Å². The first kappa shape index (κ1) is 15.3. The zero-order valence-electron chi connectivity index (χ0n) is 12.2.